The highest BCUT2D eigenvalue weighted by atomic mass is 16.5. The second-order valence-corrected chi connectivity index (χ2v) is 6.46. The topological polar surface area (TPSA) is 99.5 Å². The van der Waals surface area contributed by atoms with E-state index in [1.807, 2.05) is 0 Å². The number of carbonyl (C=O) groups is 2. The van der Waals surface area contributed by atoms with Crippen molar-refractivity contribution >= 4 is 22.6 Å². The molecule has 1 atom stereocenters. The van der Waals surface area contributed by atoms with Crippen LogP contribution in [0.25, 0.3) is 10.8 Å². The van der Waals surface area contributed by atoms with Gasteiger partial charge in [-0.25, -0.2) is 9.48 Å². The van der Waals surface area contributed by atoms with E-state index in [9.17, 15) is 14.4 Å². The second-order valence-electron chi connectivity index (χ2n) is 6.46. The fraction of sp³-hybridized carbons (Fsp3) is 0.500. The van der Waals surface area contributed by atoms with Crippen LogP contribution in [-0.4, -0.2) is 48.0 Å². The molecule has 8 heteroatoms. The van der Waals surface area contributed by atoms with Crippen LogP contribution in [0.15, 0.2) is 29.1 Å². The number of hydrogen-bond donors (Lipinski definition) is 1. The maximum Gasteiger partial charge on any atom is 0.360 e. The molecule has 1 aromatic carbocycles. The number of fused-ring (bicyclic) bond motifs is 1. The lowest BCUT2D eigenvalue weighted by Gasteiger charge is -2.15. The molecule has 0 saturated heterocycles. The average Bonchev–Trinajstić information content (AvgIpc) is 2.69. The highest BCUT2D eigenvalue weighted by Gasteiger charge is 2.23. The number of aryl methyl sites for hydroxylation is 1. The monoisotopic (exact) mass is 389 g/mol. The predicted octanol–water partition coefficient (Wildman–Crippen LogP) is 1.89. The summed E-state index contributed by atoms with van der Waals surface area (Å²) < 4.78 is 11.5. The van der Waals surface area contributed by atoms with E-state index in [1.165, 1.54) is 18.7 Å². The molecule has 0 aliphatic carbocycles. The Morgan fingerprint density at radius 1 is 1.21 bits per heavy atom. The molecule has 0 radical (unpaired) electrons. The van der Waals surface area contributed by atoms with Gasteiger partial charge in [0.2, 0.25) is 0 Å². The number of benzene rings is 1. The quantitative estimate of drug-likeness (QED) is 0.492. The zero-order chi connectivity index (χ0) is 20.5. The molecular weight excluding hydrogens is 362 g/mol. The van der Waals surface area contributed by atoms with Gasteiger partial charge in [0.25, 0.3) is 11.5 Å². The molecule has 1 aromatic heterocycles. The zero-order valence-electron chi connectivity index (χ0n) is 16.6. The summed E-state index contributed by atoms with van der Waals surface area (Å²) in [5.74, 6) is -1.17. The smallest absolute Gasteiger partial charge is 0.360 e. The molecule has 0 aliphatic rings. The number of carbonyl (C=O) groups excluding carboxylic acids is 2. The van der Waals surface area contributed by atoms with Gasteiger partial charge in [0.05, 0.1) is 12.0 Å². The summed E-state index contributed by atoms with van der Waals surface area (Å²) in [4.78, 5) is 37.4. The van der Waals surface area contributed by atoms with E-state index in [0.717, 1.165) is 19.3 Å². The number of nitrogens with one attached hydrogen (secondary N) is 1. The minimum atomic E-state index is -0.995. The van der Waals surface area contributed by atoms with Crippen molar-refractivity contribution in [1.82, 2.24) is 15.1 Å². The lowest BCUT2D eigenvalue weighted by molar-refractivity contribution is -0.129. The van der Waals surface area contributed by atoms with Gasteiger partial charge < -0.3 is 14.8 Å². The third-order valence-electron chi connectivity index (χ3n) is 4.29. The Morgan fingerprint density at radius 3 is 2.61 bits per heavy atom. The molecule has 8 nitrogen and oxygen atoms in total. The number of amides is 1. The Hall–Kier alpha value is -2.74. The van der Waals surface area contributed by atoms with Crippen LogP contribution in [-0.2, 0) is 20.8 Å². The van der Waals surface area contributed by atoms with Crippen molar-refractivity contribution in [1.29, 1.82) is 0 Å². The number of rotatable bonds is 10. The van der Waals surface area contributed by atoms with Crippen molar-refractivity contribution in [3.63, 3.8) is 0 Å². The minimum Gasteiger partial charge on any atom is -0.448 e. The lowest BCUT2D eigenvalue weighted by atomic mass is 10.1. The largest absolute Gasteiger partial charge is 0.448 e. The fourth-order valence-corrected chi connectivity index (χ4v) is 2.74. The maximum absolute atomic E-state index is 12.7. The first kappa shape index (κ1) is 21.6. The Morgan fingerprint density at radius 2 is 1.93 bits per heavy atom. The van der Waals surface area contributed by atoms with Gasteiger partial charge in [-0.2, -0.15) is 5.10 Å². The van der Waals surface area contributed by atoms with E-state index in [0.29, 0.717) is 30.5 Å². The van der Waals surface area contributed by atoms with Crippen molar-refractivity contribution < 1.29 is 19.1 Å². The van der Waals surface area contributed by atoms with Crippen LogP contribution in [0.1, 0.15) is 43.6 Å². The molecule has 0 saturated carbocycles. The molecule has 0 unspecified atom stereocenters. The SMILES string of the molecule is CCCCCn1nc(C(=O)O[C@H](C)C(=O)NCCOC)c2ccccc2c1=O. The Labute approximate surface area is 163 Å². The summed E-state index contributed by atoms with van der Waals surface area (Å²) in [6.45, 7) is 4.66. The summed E-state index contributed by atoms with van der Waals surface area (Å²) in [6.07, 6.45) is 1.76. The zero-order valence-corrected chi connectivity index (χ0v) is 16.6. The number of methoxy groups -OCH3 is 1. The van der Waals surface area contributed by atoms with E-state index >= 15 is 0 Å². The molecule has 0 fully saturated rings. The van der Waals surface area contributed by atoms with Gasteiger partial charge >= 0.3 is 5.97 Å². The standard InChI is InChI=1S/C20H27N3O5/c1-4-5-8-12-23-19(25)16-10-7-6-9-15(16)17(22-23)20(26)28-14(2)18(24)21-11-13-27-3/h6-7,9-10,14H,4-5,8,11-13H2,1-3H3,(H,21,24)/t14-/m1/s1. The Bertz CT molecular complexity index is 878. The normalized spacial score (nSPS) is 12.0. The molecule has 28 heavy (non-hydrogen) atoms. The van der Waals surface area contributed by atoms with Crippen LogP contribution in [0.3, 0.4) is 0 Å². The van der Waals surface area contributed by atoms with Crippen molar-refractivity contribution in [3.8, 4) is 0 Å². The Balaban J connectivity index is 2.26. The van der Waals surface area contributed by atoms with E-state index in [1.54, 1.807) is 24.3 Å². The van der Waals surface area contributed by atoms with Gasteiger partial charge in [0.1, 0.15) is 0 Å². The molecular formula is C20H27N3O5. The Kier molecular flexibility index (Phi) is 8.13. The van der Waals surface area contributed by atoms with Gasteiger partial charge in [0, 0.05) is 25.6 Å². The molecule has 1 heterocycles. The average molecular weight is 389 g/mol. The molecule has 1 N–H and O–H groups in total. The van der Waals surface area contributed by atoms with E-state index in [-0.39, 0.29) is 11.3 Å². The molecule has 2 aromatic rings. The summed E-state index contributed by atoms with van der Waals surface area (Å²) in [5.41, 5.74) is -0.211. The molecule has 0 bridgehead atoms. The first-order valence-corrected chi connectivity index (χ1v) is 9.47. The molecule has 0 aliphatic heterocycles. The summed E-state index contributed by atoms with van der Waals surface area (Å²) in [7, 11) is 1.53. The molecule has 152 valence electrons. The lowest BCUT2D eigenvalue weighted by Crippen LogP contribution is -2.38. The fourth-order valence-electron chi connectivity index (χ4n) is 2.74. The number of hydrogen-bond acceptors (Lipinski definition) is 6. The van der Waals surface area contributed by atoms with E-state index in [4.69, 9.17) is 9.47 Å². The number of ether oxygens (including phenoxy) is 2. The molecule has 2 rings (SSSR count). The van der Waals surface area contributed by atoms with Crippen molar-refractivity contribution in [2.24, 2.45) is 0 Å². The number of nitrogens with zero attached hydrogens (tertiary/aromatic N) is 2. The number of aromatic nitrogens is 2. The van der Waals surface area contributed by atoms with Crippen LogP contribution in [0.5, 0.6) is 0 Å². The van der Waals surface area contributed by atoms with Crippen LogP contribution < -0.4 is 10.9 Å². The van der Waals surface area contributed by atoms with Gasteiger partial charge in [-0.1, -0.05) is 38.0 Å². The number of unbranched alkanes of at least 4 members (excludes halogenated alkanes) is 2. The van der Waals surface area contributed by atoms with Crippen molar-refractivity contribution in [2.75, 3.05) is 20.3 Å². The predicted molar refractivity (Wildman–Crippen MR) is 105 cm³/mol. The minimum absolute atomic E-state index is 0.0308. The van der Waals surface area contributed by atoms with Gasteiger partial charge in [-0.3, -0.25) is 9.59 Å². The maximum atomic E-state index is 12.7. The summed E-state index contributed by atoms with van der Waals surface area (Å²) in [6, 6.07) is 6.77. The number of esters is 1. The first-order valence-electron chi connectivity index (χ1n) is 9.47. The van der Waals surface area contributed by atoms with Gasteiger partial charge in [-0.15, -0.1) is 0 Å². The van der Waals surface area contributed by atoms with Crippen LogP contribution in [0.4, 0.5) is 0 Å². The van der Waals surface area contributed by atoms with Gasteiger partial charge in [-0.05, 0) is 19.4 Å². The first-order chi connectivity index (χ1) is 13.5. The van der Waals surface area contributed by atoms with E-state index in [2.05, 4.69) is 17.3 Å². The molecule has 0 spiro atoms. The van der Waals surface area contributed by atoms with Crippen LogP contribution in [0, 0.1) is 0 Å². The second kappa shape index (κ2) is 10.6. The highest BCUT2D eigenvalue weighted by Crippen LogP contribution is 2.15. The van der Waals surface area contributed by atoms with Crippen molar-refractivity contribution in [2.45, 2.75) is 45.8 Å². The van der Waals surface area contributed by atoms with Crippen LogP contribution >= 0.6 is 0 Å². The summed E-state index contributed by atoms with van der Waals surface area (Å²) >= 11 is 0. The highest BCUT2D eigenvalue weighted by molar-refractivity contribution is 6.02. The molecule has 1 amide bonds. The van der Waals surface area contributed by atoms with Crippen LogP contribution in [0.2, 0.25) is 0 Å². The summed E-state index contributed by atoms with van der Waals surface area (Å²) in [5, 5.41) is 7.67. The van der Waals surface area contributed by atoms with Gasteiger partial charge in [0.15, 0.2) is 11.8 Å². The van der Waals surface area contributed by atoms with Crippen molar-refractivity contribution in [3.05, 3.63) is 40.3 Å². The van der Waals surface area contributed by atoms with E-state index < -0.39 is 18.0 Å². The third kappa shape index (κ3) is 5.39. The third-order valence-corrected chi connectivity index (χ3v) is 4.29.